The van der Waals surface area contributed by atoms with E-state index in [2.05, 4.69) is 20.9 Å². The summed E-state index contributed by atoms with van der Waals surface area (Å²) in [5.41, 5.74) is 12.4. The van der Waals surface area contributed by atoms with Crippen molar-refractivity contribution in [3.63, 3.8) is 0 Å². The van der Waals surface area contributed by atoms with Crippen molar-refractivity contribution in [3.8, 4) is 0 Å². The second-order valence-corrected chi connectivity index (χ2v) is 10.2. The number of fused-ring (bicyclic) bond motifs is 1. The molecule has 0 saturated heterocycles. The van der Waals surface area contributed by atoms with Crippen LogP contribution in [0.5, 0.6) is 0 Å². The summed E-state index contributed by atoms with van der Waals surface area (Å²) in [6.07, 6.45) is 1.59. The molecule has 2 aromatic rings. The first-order valence-corrected chi connectivity index (χ1v) is 12.5. The van der Waals surface area contributed by atoms with Crippen molar-refractivity contribution >= 4 is 40.5 Å². The lowest BCUT2D eigenvalue weighted by molar-refractivity contribution is -0.142. The van der Waals surface area contributed by atoms with Crippen LogP contribution in [0.25, 0.3) is 10.9 Å². The molecular formula is C26H38N6O6. The molecule has 1 aromatic carbocycles. The molecule has 2 rings (SSSR count). The number of amides is 4. The summed E-state index contributed by atoms with van der Waals surface area (Å²) in [5.74, 6) is -4.38. The highest BCUT2D eigenvalue weighted by Crippen LogP contribution is 2.19. The second kappa shape index (κ2) is 13.6. The van der Waals surface area contributed by atoms with Gasteiger partial charge in [0.25, 0.3) is 0 Å². The van der Waals surface area contributed by atoms with E-state index in [9.17, 15) is 29.1 Å². The highest BCUT2D eigenvalue weighted by atomic mass is 16.4. The Morgan fingerprint density at radius 3 is 2.13 bits per heavy atom. The van der Waals surface area contributed by atoms with E-state index in [1.165, 1.54) is 0 Å². The van der Waals surface area contributed by atoms with Gasteiger partial charge >= 0.3 is 5.97 Å². The number of aliphatic carboxylic acids is 1. The molecule has 0 fully saturated rings. The summed E-state index contributed by atoms with van der Waals surface area (Å²) < 4.78 is 0. The zero-order valence-corrected chi connectivity index (χ0v) is 22.1. The number of primary amides is 1. The van der Waals surface area contributed by atoms with Crippen molar-refractivity contribution in [2.24, 2.45) is 23.3 Å². The first-order valence-electron chi connectivity index (χ1n) is 12.5. The van der Waals surface area contributed by atoms with Gasteiger partial charge in [0.15, 0.2) is 0 Å². The van der Waals surface area contributed by atoms with E-state index in [4.69, 9.17) is 11.5 Å². The van der Waals surface area contributed by atoms with Crippen LogP contribution in [0.4, 0.5) is 0 Å². The normalized spacial score (nSPS) is 14.5. The second-order valence-electron chi connectivity index (χ2n) is 10.2. The highest BCUT2D eigenvalue weighted by Gasteiger charge is 2.32. The van der Waals surface area contributed by atoms with Crippen LogP contribution in [0.2, 0.25) is 0 Å². The SMILES string of the molecule is CC(C)CC(NC(=O)C(NC(=O)C(N)CC(N)=O)C(C)C)C(=O)NC(Cc1c[nH]c2ccccc12)C(=O)O. The van der Waals surface area contributed by atoms with Gasteiger partial charge in [-0.05, 0) is 29.9 Å². The van der Waals surface area contributed by atoms with Gasteiger partial charge in [-0.2, -0.15) is 0 Å². The van der Waals surface area contributed by atoms with E-state index < -0.39 is 53.8 Å². The molecule has 4 amide bonds. The molecule has 1 aromatic heterocycles. The smallest absolute Gasteiger partial charge is 0.326 e. The number of carbonyl (C=O) groups excluding carboxylic acids is 4. The van der Waals surface area contributed by atoms with Gasteiger partial charge in [-0.25, -0.2) is 4.79 Å². The number of rotatable bonds is 14. The van der Waals surface area contributed by atoms with Gasteiger partial charge in [-0.3, -0.25) is 19.2 Å². The van der Waals surface area contributed by atoms with Gasteiger partial charge < -0.3 is 37.5 Å². The summed E-state index contributed by atoms with van der Waals surface area (Å²) >= 11 is 0. The quantitative estimate of drug-likeness (QED) is 0.180. The average molecular weight is 531 g/mol. The van der Waals surface area contributed by atoms with Crippen LogP contribution in [0.3, 0.4) is 0 Å². The predicted octanol–water partition coefficient (Wildman–Crippen LogP) is 0.154. The Kier molecular flexibility index (Phi) is 10.8. The van der Waals surface area contributed by atoms with Crippen LogP contribution >= 0.6 is 0 Å². The first kappa shape index (κ1) is 30.3. The number of aromatic amines is 1. The standard InChI is InChI=1S/C26H38N6O6/c1-13(2)9-19(30-25(36)22(14(3)4)32-23(34)17(27)11-21(28)33)24(35)31-20(26(37)38)10-15-12-29-18-8-6-5-7-16(15)18/h5-8,12-14,17,19-20,22,29H,9-11,27H2,1-4H3,(H2,28,33)(H,30,36)(H,31,35)(H,32,34)(H,37,38). The first-order chi connectivity index (χ1) is 17.8. The fraction of sp³-hybridized carbons (Fsp3) is 0.500. The van der Waals surface area contributed by atoms with E-state index in [1.807, 2.05) is 38.1 Å². The number of carboxylic acid groups (broad SMARTS) is 1. The number of para-hydroxylation sites is 1. The Morgan fingerprint density at radius 2 is 1.55 bits per heavy atom. The molecule has 1 heterocycles. The van der Waals surface area contributed by atoms with Crippen molar-refractivity contribution in [1.29, 1.82) is 0 Å². The van der Waals surface area contributed by atoms with E-state index in [-0.39, 0.29) is 31.1 Å². The minimum absolute atomic E-state index is 0.0148. The topological polar surface area (TPSA) is 209 Å². The molecule has 0 bridgehead atoms. The lowest BCUT2D eigenvalue weighted by Gasteiger charge is -2.27. The summed E-state index contributed by atoms with van der Waals surface area (Å²) in [5, 5.41) is 18.4. The zero-order chi connectivity index (χ0) is 28.6. The van der Waals surface area contributed by atoms with Gasteiger partial charge in [0, 0.05) is 23.5 Å². The van der Waals surface area contributed by atoms with Crippen molar-refractivity contribution in [2.45, 2.75) is 71.1 Å². The van der Waals surface area contributed by atoms with Crippen LogP contribution in [0, 0.1) is 11.8 Å². The molecule has 12 nitrogen and oxygen atoms in total. The maximum absolute atomic E-state index is 13.2. The number of aromatic nitrogens is 1. The Hall–Kier alpha value is -3.93. The maximum Gasteiger partial charge on any atom is 0.326 e. The molecule has 0 saturated carbocycles. The van der Waals surface area contributed by atoms with Crippen LogP contribution in [0.15, 0.2) is 30.5 Å². The van der Waals surface area contributed by atoms with Crippen LogP contribution in [0.1, 0.15) is 46.1 Å². The third kappa shape index (κ3) is 8.58. The lowest BCUT2D eigenvalue weighted by Crippen LogP contribution is -2.59. The van der Waals surface area contributed by atoms with Crippen molar-refractivity contribution in [1.82, 2.24) is 20.9 Å². The predicted molar refractivity (Wildman–Crippen MR) is 142 cm³/mol. The molecule has 0 radical (unpaired) electrons. The number of carbonyl (C=O) groups is 5. The number of nitrogens with two attached hydrogens (primary N) is 2. The van der Waals surface area contributed by atoms with Gasteiger partial charge in [0.1, 0.15) is 18.1 Å². The number of nitrogens with one attached hydrogen (secondary N) is 4. The Bertz CT molecular complexity index is 1160. The van der Waals surface area contributed by atoms with E-state index in [1.54, 1.807) is 20.0 Å². The monoisotopic (exact) mass is 530 g/mol. The third-order valence-corrected chi connectivity index (χ3v) is 6.06. The lowest BCUT2D eigenvalue weighted by atomic mass is 9.98. The Labute approximate surface area is 221 Å². The molecule has 4 atom stereocenters. The fourth-order valence-electron chi connectivity index (χ4n) is 4.06. The summed E-state index contributed by atoms with van der Waals surface area (Å²) in [4.78, 5) is 64.9. The van der Waals surface area contributed by atoms with E-state index in [0.717, 1.165) is 16.5 Å². The average Bonchev–Trinajstić information content (AvgIpc) is 3.23. The van der Waals surface area contributed by atoms with E-state index >= 15 is 0 Å². The minimum Gasteiger partial charge on any atom is -0.480 e. The third-order valence-electron chi connectivity index (χ3n) is 6.06. The summed E-state index contributed by atoms with van der Waals surface area (Å²) in [6, 6.07) is 2.86. The molecule has 4 unspecified atom stereocenters. The zero-order valence-electron chi connectivity index (χ0n) is 22.1. The molecule has 9 N–H and O–H groups in total. The number of H-pyrrole nitrogens is 1. The number of carboxylic acids is 1. The number of hydrogen-bond acceptors (Lipinski definition) is 6. The summed E-state index contributed by atoms with van der Waals surface area (Å²) in [6.45, 7) is 7.11. The summed E-state index contributed by atoms with van der Waals surface area (Å²) in [7, 11) is 0. The van der Waals surface area contributed by atoms with Gasteiger partial charge in [0.05, 0.1) is 12.5 Å². The molecule has 38 heavy (non-hydrogen) atoms. The molecule has 208 valence electrons. The van der Waals surface area contributed by atoms with Gasteiger partial charge in [-0.1, -0.05) is 45.9 Å². The van der Waals surface area contributed by atoms with Crippen LogP contribution in [-0.2, 0) is 30.4 Å². The minimum atomic E-state index is -1.24. The maximum atomic E-state index is 13.2. The van der Waals surface area contributed by atoms with Gasteiger partial charge in [-0.15, -0.1) is 0 Å². The molecule has 12 heteroatoms. The largest absolute Gasteiger partial charge is 0.480 e. The highest BCUT2D eigenvalue weighted by molar-refractivity contribution is 5.95. The van der Waals surface area contributed by atoms with Crippen LogP contribution in [-0.4, -0.2) is 63.9 Å². The van der Waals surface area contributed by atoms with Gasteiger partial charge in [0.2, 0.25) is 23.6 Å². The molecule has 0 aliphatic carbocycles. The van der Waals surface area contributed by atoms with Crippen molar-refractivity contribution < 1.29 is 29.1 Å². The fourth-order valence-corrected chi connectivity index (χ4v) is 4.06. The van der Waals surface area contributed by atoms with Crippen molar-refractivity contribution in [3.05, 3.63) is 36.0 Å². The number of hydrogen-bond donors (Lipinski definition) is 7. The molecule has 0 aliphatic rings. The molecule has 0 spiro atoms. The number of benzene rings is 1. The Balaban J connectivity index is 2.16. The van der Waals surface area contributed by atoms with Crippen molar-refractivity contribution in [2.75, 3.05) is 0 Å². The van der Waals surface area contributed by atoms with E-state index in [0.29, 0.717) is 0 Å². The Morgan fingerprint density at radius 1 is 0.921 bits per heavy atom. The van der Waals surface area contributed by atoms with Crippen LogP contribution < -0.4 is 27.4 Å². The molecule has 0 aliphatic heterocycles. The molecular weight excluding hydrogens is 492 g/mol.